The molecule has 1 aromatic rings. The molecule has 4 fully saturated rings. The van der Waals surface area contributed by atoms with Crippen LogP contribution in [-0.4, -0.2) is 249 Å². The molecule has 3 amide bonds. The number of hydrogen-bond acceptors (Lipinski definition) is 33. The van der Waals surface area contributed by atoms with Crippen molar-refractivity contribution in [2.45, 2.75) is 97.2 Å². The molecule has 0 aromatic carbocycles. The number of carbonyl (C=O) groups is 3. The molecule has 96 heavy (non-hydrogen) atoms. The van der Waals surface area contributed by atoms with Crippen molar-refractivity contribution in [1.82, 2.24) is 40.2 Å². The Morgan fingerprint density at radius 1 is 0.458 bits per heavy atom. The summed E-state index contributed by atoms with van der Waals surface area (Å²) in [6.07, 6.45) is -15.2. The minimum atomic E-state index is -5.87. The Hall–Kier alpha value is -5.09. The molecule has 4 saturated heterocycles. The predicted molar refractivity (Wildman–Crippen MR) is 288 cm³/mol. The van der Waals surface area contributed by atoms with Crippen LogP contribution in [0.3, 0.4) is 0 Å². The van der Waals surface area contributed by atoms with Gasteiger partial charge in [0.25, 0.3) is 46.7 Å². The van der Waals surface area contributed by atoms with Gasteiger partial charge in [-0.3, -0.25) is 42.3 Å². The number of nitrogens with zero attached hydrogens (tertiary/aromatic N) is 4. The largest absolute Gasteiger partial charge is 0.490 e. The van der Waals surface area contributed by atoms with E-state index in [-0.39, 0.29) is 17.5 Å². The smallest absolute Gasteiger partial charge is 0.390 e. The Morgan fingerprint density at radius 2 is 0.760 bits per heavy atom. The van der Waals surface area contributed by atoms with Crippen molar-refractivity contribution in [2.24, 2.45) is 0 Å². The summed E-state index contributed by atoms with van der Waals surface area (Å²) >= 11 is 0. The normalized spacial score (nSPS) is 34.9. The second-order valence-electron chi connectivity index (χ2n) is 19.5. The number of phosphoric acid groups is 6. The van der Waals surface area contributed by atoms with Crippen LogP contribution in [0.25, 0.3) is 0 Å². The van der Waals surface area contributed by atoms with Gasteiger partial charge in [-0.05, 0) is 0 Å². The number of ether oxygens (including phenoxy) is 4. The number of alkyl halides is 4. The molecule has 0 aliphatic carbocycles. The molecule has 57 heteroatoms. The molecule has 8 rings (SSSR count). The van der Waals surface area contributed by atoms with Gasteiger partial charge in [-0.2, -0.15) is 12.9 Å². The SMILES string of the molecule is C=C1NC(=O)C=CN1[C@@H]1O[C@](F)(CO)[C@@H](O)[C@H]1O.C=C1NC(=O)C=CN1[C@@H]1O[C@](F)(COP(=O)(O)O)[C@@H](O)[C@H]1O.C=C1NC(=O)C=CN1[C@@H]1O[C@](F)(COP(=O)(O)OP(=O)(O)O)[C@@H](O)[C@H]1O.O=c1ccn([C@@H]2O[C@](F)(COP(=O)(O)OP(=O)(O)OP(=O)(O)O)[C@@H](O)[C@H]2O)c(=O)[nH]1. The molecule has 7 aliphatic heterocycles. The van der Waals surface area contributed by atoms with E-state index in [1.54, 1.807) is 4.98 Å². The lowest BCUT2D eigenvalue weighted by Gasteiger charge is -2.32. The molecule has 8 heterocycles. The molecule has 1 aromatic heterocycles. The highest BCUT2D eigenvalue weighted by Crippen LogP contribution is 2.67. The standard InChI is InChI=1S/C10H15FN2O11P2.C10H14FN2O8P.C10H13FN2O5.C9H14FN2O15P3/c1-5-12-6(14)2-3-13(5)9-7(15)8(16)10(11,23-9)4-22-26(20,21)24-25(17,18)19;1-5-12-6(14)2-3-13(5)9-7(15)8(16)10(11,21-9)4-20-22(17,18)19;1-5-12-6(15)2-3-13(5)9-7(16)8(17)10(11,4-14)18-9;10-9(3-24-29(20,21)27-30(22,23)26-28(17,18)19)6(15)5(14)7(25-9)12-2-1-4(13)11-8(12)16/h2-3,7-9,15-16H,1,4H2,(H,12,14)(H,20,21)(H2,17,18,19);2-3,7-9,15-16H,1,4H2,(H,12,14)(H2,17,18,19);2-3,7-9,14,16-17H,1,4H2,(H,12,15);1-2,5-7,14-15H,3H2,(H,20,21)(H,22,23)(H,11,13,16)(H2,17,18,19)/t3*7-,8+,9-,10-;5-,6+,7-,9-/m1111/s1. The van der Waals surface area contributed by atoms with E-state index < -0.39 is 199 Å². The summed E-state index contributed by atoms with van der Waals surface area (Å²) in [4.78, 5) is 139. The number of rotatable bonds is 20. The van der Waals surface area contributed by atoms with Crippen LogP contribution >= 0.6 is 46.9 Å². The Bertz CT molecular complexity index is 3650. The third-order valence-electron chi connectivity index (χ3n) is 12.5. The summed E-state index contributed by atoms with van der Waals surface area (Å²) in [5, 5.41) is 93.9. The van der Waals surface area contributed by atoms with Crippen molar-refractivity contribution in [3.63, 3.8) is 0 Å². The van der Waals surface area contributed by atoms with E-state index in [1.807, 2.05) is 0 Å². The van der Waals surface area contributed by atoms with E-state index in [0.717, 1.165) is 57.6 Å². The van der Waals surface area contributed by atoms with E-state index in [1.165, 1.54) is 6.20 Å². The molecule has 0 radical (unpaired) electrons. The first kappa shape index (κ1) is 81.6. The topological polar surface area (TPSA) is 711 Å². The fourth-order valence-corrected chi connectivity index (χ4v) is 13.1. The molecule has 22 N–H and O–H groups in total. The van der Waals surface area contributed by atoms with Crippen LogP contribution in [0.4, 0.5) is 17.6 Å². The van der Waals surface area contributed by atoms with Gasteiger partial charge in [0.15, 0.2) is 24.9 Å². The van der Waals surface area contributed by atoms with Crippen molar-refractivity contribution >= 4 is 64.7 Å². The fraction of sp³-hybridized carbons (Fsp3) is 0.513. The van der Waals surface area contributed by atoms with E-state index in [9.17, 15) is 115 Å². The number of H-pyrrole nitrogens is 1. The van der Waals surface area contributed by atoms with Gasteiger partial charge in [0.05, 0.1) is 0 Å². The molecular weight excluding hydrogens is 1470 g/mol. The number of aliphatic hydroxyl groups is 9. The summed E-state index contributed by atoms with van der Waals surface area (Å²) in [5.41, 5.74) is -2.01. The number of aliphatic hydroxyl groups excluding tert-OH is 9. The first-order valence-corrected chi connectivity index (χ1v) is 34.1. The third kappa shape index (κ3) is 21.0. The monoisotopic (exact) mass is 1520 g/mol. The predicted octanol–water partition coefficient (Wildman–Crippen LogP) is -7.43. The van der Waals surface area contributed by atoms with Crippen LogP contribution in [0.15, 0.2) is 95.9 Å². The van der Waals surface area contributed by atoms with E-state index in [4.69, 9.17) is 58.5 Å². The van der Waals surface area contributed by atoms with Crippen molar-refractivity contribution in [3.8, 4) is 0 Å². The Morgan fingerprint density at radius 3 is 1.07 bits per heavy atom. The summed E-state index contributed by atoms with van der Waals surface area (Å²) in [6, 6.07) is 0.800. The van der Waals surface area contributed by atoms with Crippen molar-refractivity contribution in [2.75, 3.05) is 26.4 Å². The summed E-state index contributed by atoms with van der Waals surface area (Å²) < 4.78 is 166. The number of amides is 3. The van der Waals surface area contributed by atoms with Gasteiger partial charge >= 0.3 is 52.6 Å². The zero-order valence-electron chi connectivity index (χ0n) is 47.1. The van der Waals surface area contributed by atoms with Gasteiger partial charge in [-0.25, -0.2) is 49.7 Å². The van der Waals surface area contributed by atoms with E-state index in [2.05, 4.69) is 66.9 Å². The van der Waals surface area contributed by atoms with Crippen LogP contribution in [0.1, 0.15) is 6.23 Å². The zero-order chi connectivity index (χ0) is 73.2. The Labute approximate surface area is 529 Å². The van der Waals surface area contributed by atoms with Crippen LogP contribution in [0.5, 0.6) is 0 Å². The highest BCUT2D eigenvalue weighted by molar-refractivity contribution is 7.66. The van der Waals surface area contributed by atoms with Crippen LogP contribution < -0.4 is 27.2 Å². The molecule has 544 valence electrons. The van der Waals surface area contributed by atoms with Crippen molar-refractivity contribution in [3.05, 3.63) is 107 Å². The molecule has 0 spiro atoms. The van der Waals surface area contributed by atoms with Gasteiger partial charge in [-0.1, -0.05) is 19.7 Å². The minimum absolute atomic E-state index is 0.0380. The average molecular weight is 1520 g/mol. The average Bonchev–Trinajstić information content (AvgIpc) is 1.64. The Balaban J connectivity index is 0.000000235. The zero-order valence-corrected chi connectivity index (χ0v) is 52.5. The summed E-state index contributed by atoms with van der Waals surface area (Å²) in [6.45, 7) is 4.76. The van der Waals surface area contributed by atoms with Crippen LogP contribution in [0, 0.1) is 0 Å². The number of nitrogens with one attached hydrogen (secondary N) is 4. The summed E-state index contributed by atoms with van der Waals surface area (Å²) in [7, 11) is -33.1. The van der Waals surface area contributed by atoms with Gasteiger partial charge in [0.2, 0.25) is 0 Å². The second-order valence-corrected chi connectivity index (χ2v) is 28.0. The second kappa shape index (κ2) is 30.4. The first-order chi connectivity index (χ1) is 43.6. The Kier molecular flexibility index (Phi) is 25.8. The number of phosphoric ester groups is 3. The number of aromatic nitrogens is 2. The molecular formula is C39H56F4N8O39P6. The highest BCUT2D eigenvalue weighted by atomic mass is 31.3. The molecule has 19 atom stereocenters. The quantitative estimate of drug-likeness (QED) is 0.0426. The first-order valence-electron chi connectivity index (χ1n) is 25.1. The highest BCUT2D eigenvalue weighted by Gasteiger charge is 2.62. The lowest BCUT2D eigenvalue weighted by Crippen LogP contribution is -2.46. The maximum Gasteiger partial charge on any atom is 0.490 e. The fourth-order valence-electron chi connectivity index (χ4n) is 8.15. The van der Waals surface area contributed by atoms with Crippen molar-refractivity contribution < 1.29 is 195 Å². The molecule has 0 bridgehead atoms. The van der Waals surface area contributed by atoms with Gasteiger partial charge in [-0.15, -0.1) is 0 Å². The molecule has 0 saturated carbocycles. The molecule has 47 nitrogen and oxygen atoms in total. The van der Waals surface area contributed by atoms with Crippen LogP contribution in [-0.2, 0) is 87.2 Å². The third-order valence-corrected chi connectivity index (χ3v) is 18.8. The van der Waals surface area contributed by atoms with E-state index in [0.29, 0.717) is 4.57 Å². The summed E-state index contributed by atoms with van der Waals surface area (Å²) in [5.74, 6) is -14.1. The molecule has 3 unspecified atom stereocenters. The van der Waals surface area contributed by atoms with Crippen LogP contribution in [0.2, 0.25) is 0 Å². The lowest BCUT2D eigenvalue weighted by molar-refractivity contribution is -0.210. The minimum Gasteiger partial charge on any atom is -0.390 e. The van der Waals surface area contributed by atoms with Gasteiger partial charge < -0.3 is 140 Å². The maximum absolute atomic E-state index is 14.8. The number of aromatic amines is 1. The van der Waals surface area contributed by atoms with E-state index >= 15 is 0 Å². The van der Waals surface area contributed by atoms with Gasteiger partial charge in [0.1, 0.15) is 92.7 Å². The molecule has 7 aliphatic rings. The number of carbonyl (C=O) groups excluding carboxylic acids is 3. The number of hydrogen-bond donors (Lipinski definition) is 22. The maximum atomic E-state index is 14.8. The van der Waals surface area contributed by atoms with Gasteiger partial charge in [0, 0.05) is 49.1 Å². The lowest BCUT2D eigenvalue weighted by atomic mass is 10.1. The van der Waals surface area contributed by atoms with Crippen molar-refractivity contribution in [1.29, 1.82) is 0 Å². The number of halogens is 4.